The summed E-state index contributed by atoms with van der Waals surface area (Å²) in [4.78, 5) is 10.9. The van der Waals surface area contributed by atoms with E-state index in [0.29, 0.717) is 18.8 Å². The highest BCUT2D eigenvalue weighted by Crippen LogP contribution is 2.25. The van der Waals surface area contributed by atoms with E-state index >= 15 is 0 Å². The number of halogens is 1. The van der Waals surface area contributed by atoms with Crippen LogP contribution in [-0.4, -0.2) is 11.6 Å². The van der Waals surface area contributed by atoms with E-state index < -0.39 is 11.6 Å². The van der Waals surface area contributed by atoms with Crippen LogP contribution >= 0.6 is 0 Å². The third kappa shape index (κ3) is 4.25. The van der Waals surface area contributed by atoms with Crippen LogP contribution in [0.2, 0.25) is 0 Å². The molecule has 0 aliphatic heterocycles. The van der Waals surface area contributed by atoms with Crippen molar-refractivity contribution in [3.05, 3.63) is 0 Å². The van der Waals surface area contributed by atoms with Crippen molar-refractivity contribution in [2.24, 2.45) is 11.7 Å². The average Bonchev–Trinajstić information content (AvgIpc) is 2.01. The molecule has 0 aliphatic carbocycles. The Morgan fingerprint density at radius 1 is 1.46 bits per heavy atom. The fraction of sp³-hybridized carbons (Fsp3) is 0.900. The quantitative estimate of drug-likeness (QED) is 0.685. The lowest BCUT2D eigenvalue weighted by molar-refractivity contribution is -0.130. The van der Waals surface area contributed by atoms with Crippen LogP contribution in [0.25, 0.3) is 0 Å². The molecule has 0 fully saturated rings. The van der Waals surface area contributed by atoms with Crippen molar-refractivity contribution in [1.82, 2.24) is 0 Å². The molecule has 0 radical (unpaired) electrons. The highest BCUT2D eigenvalue weighted by atomic mass is 19.1. The minimum Gasteiger partial charge on any atom is -0.367 e. The van der Waals surface area contributed by atoms with E-state index in [1.165, 1.54) is 0 Å². The van der Waals surface area contributed by atoms with E-state index in [9.17, 15) is 9.18 Å². The molecule has 0 saturated heterocycles. The first-order chi connectivity index (χ1) is 5.92. The van der Waals surface area contributed by atoms with Gasteiger partial charge in [0, 0.05) is 0 Å². The zero-order valence-electron chi connectivity index (χ0n) is 8.77. The van der Waals surface area contributed by atoms with Crippen LogP contribution in [0.1, 0.15) is 46.5 Å². The lowest BCUT2D eigenvalue weighted by Crippen LogP contribution is -2.39. The maximum absolute atomic E-state index is 13.8. The van der Waals surface area contributed by atoms with Crippen molar-refractivity contribution in [1.29, 1.82) is 0 Å². The number of alkyl halides is 1. The second kappa shape index (κ2) is 5.20. The number of carbonyl (C=O) groups excluding carboxylic acids is 1. The van der Waals surface area contributed by atoms with Crippen molar-refractivity contribution in [3.8, 4) is 0 Å². The maximum Gasteiger partial charge on any atom is 0.255 e. The normalized spacial score (nSPS) is 15.8. The molecule has 0 aromatic heterocycles. The zero-order chi connectivity index (χ0) is 10.5. The first kappa shape index (κ1) is 12.4. The van der Waals surface area contributed by atoms with Gasteiger partial charge in [0.25, 0.3) is 5.91 Å². The number of hydrogen-bond donors (Lipinski definition) is 1. The summed E-state index contributed by atoms with van der Waals surface area (Å²) in [6, 6.07) is 0. The lowest BCUT2D eigenvalue weighted by atomic mass is 9.90. The zero-order valence-corrected chi connectivity index (χ0v) is 8.77. The van der Waals surface area contributed by atoms with Gasteiger partial charge >= 0.3 is 0 Å². The van der Waals surface area contributed by atoms with Crippen LogP contribution in [0.4, 0.5) is 4.39 Å². The standard InChI is InChI=1S/C10H20FNO/c1-4-6-10(11,9(12)13)7-5-8(2)3/h8H,4-7H2,1-3H3,(H2,12,13). The van der Waals surface area contributed by atoms with E-state index in [-0.39, 0.29) is 12.8 Å². The van der Waals surface area contributed by atoms with Gasteiger partial charge in [-0.25, -0.2) is 4.39 Å². The smallest absolute Gasteiger partial charge is 0.255 e. The molecule has 0 aliphatic rings. The topological polar surface area (TPSA) is 43.1 Å². The third-order valence-electron chi connectivity index (χ3n) is 2.21. The minimum absolute atomic E-state index is 0.245. The van der Waals surface area contributed by atoms with E-state index in [1.807, 2.05) is 20.8 Å². The summed E-state index contributed by atoms with van der Waals surface area (Å²) >= 11 is 0. The highest BCUT2D eigenvalue weighted by molar-refractivity contribution is 5.83. The van der Waals surface area contributed by atoms with E-state index in [4.69, 9.17) is 5.73 Å². The van der Waals surface area contributed by atoms with Gasteiger partial charge in [0.2, 0.25) is 0 Å². The van der Waals surface area contributed by atoms with Crippen LogP contribution in [0.5, 0.6) is 0 Å². The predicted molar refractivity (Wildman–Crippen MR) is 52.0 cm³/mol. The highest BCUT2D eigenvalue weighted by Gasteiger charge is 2.34. The molecular weight excluding hydrogens is 169 g/mol. The van der Waals surface area contributed by atoms with E-state index in [0.717, 1.165) is 0 Å². The van der Waals surface area contributed by atoms with Crippen LogP contribution < -0.4 is 5.73 Å². The Kier molecular flexibility index (Phi) is 4.96. The first-order valence-electron chi connectivity index (χ1n) is 4.91. The van der Waals surface area contributed by atoms with Crippen LogP contribution in [0.3, 0.4) is 0 Å². The van der Waals surface area contributed by atoms with Crippen molar-refractivity contribution in [3.63, 3.8) is 0 Å². The SMILES string of the molecule is CCCC(F)(CCC(C)C)C(N)=O. The first-order valence-corrected chi connectivity index (χ1v) is 4.91. The Morgan fingerprint density at radius 3 is 2.31 bits per heavy atom. The molecule has 1 atom stereocenters. The van der Waals surface area contributed by atoms with Gasteiger partial charge in [-0.2, -0.15) is 0 Å². The molecular formula is C10H20FNO. The van der Waals surface area contributed by atoms with Gasteiger partial charge in [-0.1, -0.05) is 27.2 Å². The summed E-state index contributed by atoms with van der Waals surface area (Å²) in [6.07, 6.45) is 1.86. The average molecular weight is 189 g/mol. The van der Waals surface area contributed by atoms with Crippen molar-refractivity contribution >= 4 is 5.91 Å². The van der Waals surface area contributed by atoms with Gasteiger partial charge in [0.15, 0.2) is 5.67 Å². The van der Waals surface area contributed by atoms with Gasteiger partial charge in [0.1, 0.15) is 0 Å². The van der Waals surface area contributed by atoms with E-state index in [1.54, 1.807) is 0 Å². The maximum atomic E-state index is 13.8. The summed E-state index contributed by atoms with van der Waals surface area (Å²) in [5, 5.41) is 0. The van der Waals surface area contributed by atoms with Crippen molar-refractivity contribution < 1.29 is 9.18 Å². The van der Waals surface area contributed by atoms with Crippen LogP contribution in [0, 0.1) is 5.92 Å². The summed E-state index contributed by atoms with van der Waals surface area (Å²) in [6.45, 7) is 5.87. The van der Waals surface area contributed by atoms with Crippen molar-refractivity contribution in [2.45, 2.75) is 52.1 Å². The second-order valence-corrected chi connectivity index (χ2v) is 4.01. The molecule has 0 bridgehead atoms. The summed E-state index contributed by atoms with van der Waals surface area (Å²) in [7, 11) is 0. The Morgan fingerprint density at radius 2 is 2.00 bits per heavy atom. The van der Waals surface area contributed by atoms with Gasteiger partial charge in [-0.05, 0) is 25.2 Å². The number of primary amides is 1. The molecule has 0 aromatic rings. The Labute approximate surface area is 79.7 Å². The Balaban J connectivity index is 4.16. The van der Waals surface area contributed by atoms with Gasteiger partial charge in [0.05, 0.1) is 0 Å². The molecule has 13 heavy (non-hydrogen) atoms. The molecule has 0 rings (SSSR count). The largest absolute Gasteiger partial charge is 0.367 e. The van der Waals surface area contributed by atoms with Crippen LogP contribution in [-0.2, 0) is 4.79 Å². The molecule has 1 amide bonds. The number of rotatable bonds is 6. The summed E-state index contributed by atoms with van der Waals surface area (Å²) in [5.74, 6) is -0.402. The van der Waals surface area contributed by atoms with Gasteiger partial charge < -0.3 is 5.73 Å². The fourth-order valence-electron chi connectivity index (χ4n) is 1.29. The molecule has 1 unspecified atom stereocenters. The monoisotopic (exact) mass is 189 g/mol. The Hall–Kier alpha value is -0.600. The molecule has 0 spiro atoms. The lowest BCUT2D eigenvalue weighted by Gasteiger charge is -2.21. The fourth-order valence-corrected chi connectivity index (χ4v) is 1.29. The Bertz CT molecular complexity index is 170. The molecule has 0 aromatic carbocycles. The second-order valence-electron chi connectivity index (χ2n) is 4.01. The molecule has 0 saturated carbocycles. The summed E-state index contributed by atoms with van der Waals surface area (Å²) in [5.41, 5.74) is 3.25. The predicted octanol–water partition coefficient (Wildman–Crippen LogP) is 2.42. The number of hydrogen-bond acceptors (Lipinski definition) is 1. The minimum atomic E-state index is -1.78. The molecule has 78 valence electrons. The number of carbonyl (C=O) groups is 1. The molecule has 2 N–H and O–H groups in total. The molecule has 3 heteroatoms. The van der Waals surface area contributed by atoms with Crippen LogP contribution in [0.15, 0.2) is 0 Å². The van der Waals surface area contributed by atoms with Gasteiger partial charge in [-0.15, -0.1) is 0 Å². The van der Waals surface area contributed by atoms with Crippen molar-refractivity contribution in [2.75, 3.05) is 0 Å². The number of amides is 1. The van der Waals surface area contributed by atoms with Gasteiger partial charge in [-0.3, -0.25) is 4.79 Å². The summed E-state index contributed by atoms with van der Waals surface area (Å²) < 4.78 is 13.8. The van der Waals surface area contributed by atoms with E-state index in [2.05, 4.69) is 0 Å². The molecule has 2 nitrogen and oxygen atoms in total. The molecule has 0 heterocycles. The third-order valence-corrected chi connectivity index (χ3v) is 2.21. The number of nitrogens with two attached hydrogens (primary N) is 1.